The lowest BCUT2D eigenvalue weighted by molar-refractivity contribution is 0.0828. The van der Waals surface area contributed by atoms with Crippen molar-refractivity contribution in [2.45, 2.75) is 19.8 Å². The van der Waals surface area contributed by atoms with Gasteiger partial charge in [-0.15, -0.1) is 0 Å². The molecule has 1 heterocycles. The Morgan fingerprint density at radius 1 is 1.23 bits per heavy atom. The van der Waals surface area contributed by atoms with E-state index < -0.39 is 0 Å². The van der Waals surface area contributed by atoms with Gasteiger partial charge in [-0.1, -0.05) is 49.4 Å². The van der Waals surface area contributed by atoms with Crippen LogP contribution in [0.15, 0.2) is 36.4 Å². The number of aliphatic hydroxyl groups excluding tert-OH is 1. The van der Waals surface area contributed by atoms with Crippen LogP contribution in [0.25, 0.3) is 6.08 Å². The summed E-state index contributed by atoms with van der Waals surface area (Å²) in [7, 11) is 2.20. The zero-order valence-corrected chi connectivity index (χ0v) is 14.0. The predicted octanol–water partition coefficient (Wildman–Crippen LogP) is 2.73. The fourth-order valence-electron chi connectivity index (χ4n) is 3.13. The molecule has 1 aromatic carbocycles. The summed E-state index contributed by atoms with van der Waals surface area (Å²) in [5.41, 5.74) is 1.61. The Hall–Kier alpha value is -1.16. The first kappa shape index (κ1) is 17.2. The summed E-state index contributed by atoms with van der Waals surface area (Å²) in [6.07, 6.45) is 6.87. The number of nitrogens with zero attached hydrogens (tertiary/aromatic N) is 2. The average molecular weight is 302 g/mol. The fraction of sp³-hybridized carbons (Fsp3) is 0.579. The van der Waals surface area contributed by atoms with Gasteiger partial charge in [0.25, 0.3) is 0 Å². The molecule has 3 nitrogen and oxygen atoms in total. The number of likely N-dealkylation sites (tertiary alicyclic amines) is 1. The number of benzene rings is 1. The van der Waals surface area contributed by atoms with E-state index in [9.17, 15) is 5.11 Å². The summed E-state index contributed by atoms with van der Waals surface area (Å²) in [6.45, 7) is 7.72. The molecule has 1 aliphatic rings. The highest BCUT2D eigenvalue weighted by Gasteiger charge is 2.30. The second kappa shape index (κ2) is 8.47. The van der Waals surface area contributed by atoms with E-state index in [1.807, 2.05) is 6.07 Å². The van der Waals surface area contributed by atoms with Crippen molar-refractivity contribution in [3.8, 4) is 0 Å². The van der Waals surface area contributed by atoms with Crippen LogP contribution >= 0.6 is 0 Å². The quantitative estimate of drug-likeness (QED) is 0.839. The third kappa shape index (κ3) is 5.56. The second-order valence-corrected chi connectivity index (χ2v) is 6.89. The van der Waals surface area contributed by atoms with Crippen LogP contribution in [0.4, 0.5) is 0 Å². The van der Waals surface area contributed by atoms with Crippen LogP contribution in [0.5, 0.6) is 0 Å². The Kier molecular flexibility index (Phi) is 6.62. The highest BCUT2D eigenvalue weighted by molar-refractivity contribution is 5.48. The van der Waals surface area contributed by atoms with Gasteiger partial charge in [-0.05, 0) is 44.0 Å². The van der Waals surface area contributed by atoms with E-state index in [0.717, 1.165) is 19.6 Å². The molecule has 3 heteroatoms. The van der Waals surface area contributed by atoms with Crippen molar-refractivity contribution in [1.29, 1.82) is 0 Å². The fourth-order valence-corrected chi connectivity index (χ4v) is 3.13. The van der Waals surface area contributed by atoms with Gasteiger partial charge in [0.2, 0.25) is 0 Å². The molecule has 0 amide bonds. The third-order valence-corrected chi connectivity index (χ3v) is 4.69. The standard InChI is InChI=1S/C19H30N2O/c1-19(10-13-20(2)14-11-19)17-21(15-16-22)12-6-9-18-7-4-3-5-8-18/h3-9,22H,10-17H2,1-2H3/b9-6+. The third-order valence-electron chi connectivity index (χ3n) is 4.69. The Bertz CT molecular complexity index is 450. The highest BCUT2D eigenvalue weighted by atomic mass is 16.3. The van der Waals surface area contributed by atoms with Crippen molar-refractivity contribution in [2.75, 3.05) is 46.4 Å². The van der Waals surface area contributed by atoms with Crippen molar-refractivity contribution in [3.05, 3.63) is 42.0 Å². The maximum absolute atomic E-state index is 9.33. The van der Waals surface area contributed by atoms with Gasteiger partial charge >= 0.3 is 0 Å². The number of piperidine rings is 1. The zero-order chi connectivity index (χ0) is 15.8. The summed E-state index contributed by atoms with van der Waals surface area (Å²) in [6, 6.07) is 10.4. The van der Waals surface area contributed by atoms with E-state index in [-0.39, 0.29) is 6.61 Å². The molecule has 0 atom stereocenters. The van der Waals surface area contributed by atoms with Crippen LogP contribution in [0, 0.1) is 5.41 Å². The normalized spacial score (nSPS) is 19.1. The number of hydrogen-bond donors (Lipinski definition) is 1. The molecule has 0 aromatic heterocycles. The second-order valence-electron chi connectivity index (χ2n) is 6.89. The van der Waals surface area contributed by atoms with Crippen molar-refractivity contribution in [2.24, 2.45) is 5.41 Å². The molecular formula is C19H30N2O. The summed E-state index contributed by atoms with van der Waals surface area (Å²) < 4.78 is 0. The summed E-state index contributed by atoms with van der Waals surface area (Å²) >= 11 is 0. The topological polar surface area (TPSA) is 26.7 Å². The van der Waals surface area contributed by atoms with Gasteiger partial charge in [-0.25, -0.2) is 0 Å². The summed E-state index contributed by atoms with van der Waals surface area (Å²) in [5.74, 6) is 0. The van der Waals surface area contributed by atoms with Gasteiger partial charge < -0.3 is 10.0 Å². The average Bonchev–Trinajstić information content (AvgIpc) is 2.52. The van der Waals surface area contributed by atoms with E-state index >= 15 is 0 Å². The molecule has 1 aromatic rings. The molecule has 22 heavy (non-hydrogen) atoms. The van der Waals surface area contributed by atoms with Gasteiger partial charge in [0.05, 0.1) is 6.61 Å². The molecule has 1 saturated heterocycles. The van der Waals surface area contributed by atoms with Gasteiger partial charge in [0.15, 0.2) is 0 Å². The van der Waals surface area contributed by atoms with Crippen LogP contribution in [-0.4, -0.2) is 61.3 Å². The summed E-state index contributed by atoms with van der Waals surface area (Å²) in [5, 5.41) is 9.33. The Balaban J connectivity index is 1.88. The molecule has 0 aliphatic carbocycles. The minimum absolute atomic E-state index is 0.231. The Labute approximate surface area is 135 Å². The van der Waals surface area contributed by atoms with E-state index in [2.05, 4.69) is 60.2 Å². The molecule has 1 aliphatic heterocycles. The van der Waals surface area contributed by atoms with E-state index in [0.29, 0.717) is 5.41 Å². The molecule has 0 spiro atoms. The first-order chi connectivity index (χ1) is 10.6. The van der Waals surface area contributed by atoms with E-state index in [4.69, 9.17) is 0 Å². The number of aliphatic hydroxyl groups is 1. The maximum Gasteiger partial charge on any atom is 0.0558 e. The molecule has 0 unspecified atom stereocenters. The molecule has 0 radical (unpaired) electrons. The lowest BCUT2D eigenvalue weighted by atomic mass is 9.80. The molecule has 0 bridgehead atoms. The Morgan fingerprint density at radius 3 is 2.55 bits per heavy atom. The lowest BCUT2D eigenvalue weighted by Gasteiger charge is -2.41. The SMILES string of the molecule is CN1CCC(C)(CN(C/C=C/c2ccccc2)CCO)CC1. The predicted molar refractivity (Wildman–Crippen MR) is 93.8 cm³/mol. The van der Waals surface area contributed by atoms with E-state index in [1.165, 1.54) is 31.5 Å². The molecule has 1 fully saturated rings. The minimum atomic E-state index is 0.231. The number of hydrogen-bond acceptors (Lipinski definition) is 3. The molecule has 0 saturated carbocycles. The van der Waals surface area contributed by atoms with Gasteiger partial charge in [0.1, 0.15) is 0 Å². The largest absolute Gasteiger partial charge is 0.395 e. The molecule has 2 rings (SSSR count). The van der Waals surface area contributed by atoms with Crippen LogP contribution in [0.2, 0.25) is 0 Å². The zero-order valence-electron chi connectivity index (χ0n) is 14.0. The molecular weight excluding hydrogens is 272 g/mol. The van der Waals surface area contributed by atoms with Crippen molar-refractivity contribution in [1.82, 2.24) is 9.80 Å². The lowest BCUT2D eigenvalue weighted by Crippen LogP contribution is -2.44. The first-order valence-electron chi connectivity index (χ1n) is 8.35. The Morgan fingerprint density at radius 2 is 1.91 bits per heavy atom. The molecule has 122 valence electrons. The van der Waals surface area contributed by atoms with Crippen molar-refractivity contribution < 1.29 is 5.11 Å². The highest BCUT2D eigenvalue weighted by Crippen LogP contribution is 2.31. The van der Waals surface area contributed by atoms with Crippen LogP contribution < -0.4 is 0 Å². The minimum Gasteiger partial charge on any atom is -0.395 e. The van der Waals surface area contributed by atoms with Gasteiger partial charge in [-0.3, -0.25) is 4.90 Å². The monoisotopic (exact) mass is 302 g/mol. The maximum atomic E-state index is 9.33. The first-order valence-corrected chi connectivity index (χ1v) is 8.35. The van der Waals surface area contributed by atoms with Gasteiger partial charge in [0, 0.05) is 19.6 Å². The van der Waals surface area contributed by atoms with Gasteiger partial charge in [-0.2, -0.15) is 0 Å². The van der Waals surface area contributed by atoms with Crippen LogP contribution in [0.1, 0.15) is 25.3 Å². The summed E-state index contributed by atoms with van der Waals surface area (Å²) in [4.78, 5) is 4.79. The van der Waals surface area contributed by atoms with Crippen LogP contribution in [0.3, 0.4) is 0 Å². The molecule has 1 N–H and O–H groups in total. The van der Waals surface area contributed by atoms with Crippen LogP contribution in [-0.2, 0) is 0 Å². The smallest absolute Gasteiger partial charge is 0.0558 e. The van der Waals surface area contributed by atoms with Crippen molar-refractivity contribution in [3.63, 3.8) is 0 Å². The number of rotatable bonds is 7. The van der Waals surface area contributed by atoms with E-state index in [1.54, 1.807) is 0 Å². The van der Waals surface area contributed by atoms with Crippen molar-refractivity contribution >= 4 is 6.08 Å².